The molecule has 0 saturated heterocycles. The van der Waals surface area contributed by atoms with Crippen molar-refractivity contribution in [3.8, 4) is 11.3 Å². The lowest BCUT2D eigenvalue weighted by atomic mass is 9.97. The Kier molecular flexibility index (Phi) is 9.78. The predicted octanol–water partition coefficient (Wildman–Crippen LogP) is 6.01. The van der Waals surface area contributed by atoms with E-state index in [1.165, 1.54) is 22.3 Å². The molecule has 0 aliphatic carbocycles. The molecule has 2 rings (SSSR count). The van der Waals surface area contributed by atoms with Crippen molar-refractivity contribution < 1.29 is 4.39 Å². The van der Waals surface area contributed by atoms with Gasteiger partial charge in [0.1, 0.15) is 0 Å². The summed E-state index contributed by atoms with van der Waals surface area (Å²) in [5, 5.41) is 0. The van der Waals surface area contributed by atoms with E-state index in [0.29, 0.717) is 7.18 Å². The minimum atomic E-state index is 0.500. The zero-order valence-electron chi connectivity index (χ0n) is 13.9. The van der Waals surface area contributed by atoms with Crippen LogP contribution in [0.5, 0.6) is 0 Å². The molecule has 2 aromatic rings. The van der Waals surface area contributed by atoms with E-state index in [-0.39, 0.29) is 0 Å². The van der Waals surface area contributed by atoms with Crippen molar-refractivity contribution in [2.75, 3.05) is 7.18 Å². The van der Waals surface area contributed by atoms with Crippen LogP contribution < -0.4 is 0 Å². The second-order valence-corrected chi connectivity index (χ2v) is 4.24. The maximum absolute atomic E-state index is 9.50. The molecule has 114 valence electrons. The van der Waals surface area contributed by atoms with E-state index in [4.69, 9.17) is 0 Å². The lowest BCUT2D eigenvalue weighted by Gasteiger charge is -2.09. The van der Waals surface area contributed by atoms with Gasteiger partial charge in [0.05, 0.1) is 12.9 Å². The lowest BCUT2D eigenvalue weighted by Crippen LogP contribution is -1.90. The van der Waals surface area contributed by atoms with Crippen LogP contribution in [0, 0.1) is 13.8 Å². The van der Waals surface area contributed by atoms with E-state index in [2.05, 4.69) is 49.2 Å². The number of halogens is 1. The monoisotopic (exact) mass is 287 g/mol. The van der Waals surface area contributed by atoms with Gasteiger partial charge in [0, 0.05) is 11.8 Å². The predicted molar refractivity (Wildman–Crippen MR) is 92.2 cm³/mol. The van der Waals surface area contributed by atoms with Crippen molar-refractivity contribution in [2.45, 2.75) is 34.6 Å². The summed E-state index contributed by atoms with van der Waals surface area (Å²) in [6.07, 6.45) is 6.05. The molecule has 0 aliphatic rings. The van der Waals surface area contributed by atoms with Gasteiger partial charge >= 0.3 is 0 Å². The summed E-state index contributed by atoms with van der Waals surface area (Å²) >= 11 is 0. The van der Waals surface area contributed by atoms with Gasteiger partial charge in [-0.1, -0.05) is 38.1 Å². The summed E-state index contributed by atoms with van der Waals surface area (Å²) in [4.78, 5) is 4.41. The fourth-order valence-electron chi connectivity index (χ4n) is 2.00. The highest BCUT2D eigenvalue weighted by Gasteiger charge is 2.05. The molecule has 0 bridgehead atoms. The first-order valence-corrected chi connectivity index (χ1v) is 7.25. The van der Waals surface area contributed by atoms with Crippen molar-refractivity contribution >= 4 is 6.08 Å². The molecule has 21 heavy (non-hydrogen) atoms. The maximum atomic E-state index is 9.50. The fourth-order valence-corrected chi connectivity index (χ4v) is 2.00. The van der Waals surface area contributed by atoms with E-state index in [1.54, 1.807) is 0 Å². The summed E-state index contributed by atoms with van der Waals surface area (Å²) in [7, 11) is 0.500. The molecule has 0 amide bonds. The molecule has 1 heterocycles. The molecule has 0 spiro atoms. The van der Waals surface area contributed by atoms with Gasteiger partial charge in [0.25, 0.3) is 0 Å². The SMILES string of the molecule is C/C=C\c1cc(C)c(-c2ccccn2)cc1C.CC.CF. The average Bonchev–Trinajstić information content (AvgIpc) is 2.55. The van der Waals surface area contributed by atoms with Crippen molar-refractivity contribution in [3.05, 3.63) is 59.3 Å². The van der Waals surface area contributed by atoms with E-state index >= 15 is 0 Å². The van der Waals surface area contributed by atoms with Crippen LogP contribution in [0.25, 0.3) is 17.3 Å². The van der Waals surface area contributed by atoms with E-state index in [9.17, 15) is 4.39 Å². The number of aromatic nitrogens is 1. The molecule has 2 heteroatoms. The summed E-state index contributed by atoms with van der Waals surface area (Å²) in [6.45, 7) is 10.3. The Bertz CT molecular complexity index is 545. The maximum Gasteiger partial charge on any atom is 0.0785 e. The zero-order chi connectivity index (χ0) is 16.3. The van der Waals surface area contributed by atoms with Crippen molar-refractivity contribution in [2.24, 2.45) is 0 Å². The van der Waals surface area contributed by atoms with Crippen LogP contribution in [0.2, 0.25) is 0 Å². The van der Waals surface area contributed by atoms with Crippen LogP contribution in [0.3, 0.4) is 0 Å². The Morgan fingerprint density at radius 2 is 1.67 bits per heavy atom. The minimum absolute atomic E-state index is 0.500. The van der Waals surface area contributed by atoms with E-state index in [0.717, 1.165) is 5.69 Å². The second-order valence-electron chi connectivity index (χ2n) is 4.24. The Morgan fingerprint density at radius 1 is 1.00 bits per heavy atom. The summed E-state index contributed by atoms with van der Waals surface area (Å²) in [5.74, 6) is 0. The standard InChI is InChI=1S/C16H17N.C2H6.CH3F/c1-4-7-14-10-13(3)15(11-12(14)2)16-8-5-6-9-17-16;2*1-2/h4-11H,1-3H3;1-2H3;1H3/b7-4-;;. The molecule has 0 N–H and O–H groups in total. The molecule has 0 fully saturated rings. The molecule has 0 unspecified atom stereocenters. The number of pyridine rings is 1. The molecule has 1 aromatic heterocycles. The van der Waals surface area contributed by atoms with Crippen LogP contribution in [-0.2, 0) is 0 Å². The molecule has 0 aliphatic heterocycles. The second kappa shape index (κ2) is 10.8. The quantitative estimate of drug-likeness (QED) is 0.659. The van der Waals surface area contributed by atoms with Crippen molar-refractivity contribution in [1.82, 2.24) is 4.98 Å². The summed E-state index contributed by atoms with van der Waals surface area (Å²) in [5.41, 5.74) is 6.10. The van der Waals surface area contributed by atoms with Gasteiger partial charge in [-0.05, 0) is 55.7 Å². The number of nitrogens with zero attached hydrogens (tertiary/aromatic N) is 1. The summed E-state index contributed by atoms with van der Waals surface area (Å²) in [6, 6.07) is 10.5. The number of rotatable bonds is 2. The molecule has 1 aromatic carbocycles. The number of hydrogen-bond donors (Lipinski definition) is 0. The highest BCUT2D eigenvalue weighted by Crippen LogP contribution is 2.25. The number of benzene rings is 1. The van der Waals surface area contributed by atoms with Gasteiger partial charge in [-0.15, -0.1) is 0 Å². The van der Waals surface area contributed by atoms with Gasteiger partial charge in [-0.2, -0.15) is 0 Å². The van der Waals surface area contributed by atoms with Crippen LogP contribution in [-0.4, -0.2) is 12.2 Å². The van der Waals surface area contributed by atoms with E-state index < -0.39 is 0 Å². The first-order valence-electron chi connectivity index (χ1n) is 7.25. The lowest BCUT2D eigenvalue weighted by molar-refractivity contribution is 0.636. The van der Waals surface area contributed by atoms with Crippen molar-refractivity contribution in [1.29, 1.82) is 0 Å². The first kappa shape index (κ1) is 19.0. The molecule has 1 nitrogen and oxygen atoms in total. The van der Waals surface area contributed by atoms with E-state index in [1.807, 2.05) is 39.1 Å². The third-order valence-electron chi connectivity index (χ3n) is 2.90. The van der Waals surface area contributed by atoms with Crippen LogP contribution >= 0.6 is 0 Å². The fraction of sp³-hybridized carbons (Fsp3) is 0.316. The first-order chi connectivity index (χ1) is 10.2. The highest BCUT2D eigenvalue weighted by molar-refractivity contribution is 5.68. The minimum Gasteiger partial charge on any atom is -0.256 e. The number of hydrogen-bond acceptors (Lipinski definition) is 1. The van der Waals surface area contributed by atoms with Gasteiger partial charge in [-0.25, -0.2) is 0 Å². The van der Waals surface area contributed by atoms with Gasteiger partial charge < -0.3 is 0 Å². The third kappa shape index (κ3) is 5.50. The average molecular weight is 287 g/mol. The Hall–Kier alpha value is -1.96. The Balaban J connectivity index is 0.000000921. The molecule has 0 atom stereocenters. The van der Waals surface area contributed by atoms with Gasteiger partial charge in [0.2, 0.25) is 0 Å². The molecular formula is C19H26FN. The van der Waals surface area contributed by atoms with Gasteiger partial charge in [0.15, 0.2) is 0 Å². The molecule has 0 radical (unpaired) electrons. The highest BCUT2D eigenvalue weighted by atomic mass is 19.1. The zero-order valence-corrected chi connectivity index (χ0v) is 13.9. The van der Waals surface area contributed by atoms with Gasteiger partial charge in [-0.3, -0.25) is 9.37 Å². The summed E-state index contributed by atoms with van der Waals surface area (Å²) < 4.78 is 9.50. The third-order valence-corrected chi connectivity index (χ3v) is 2.90. The Labute approximate surface area is 128 Å². The topological polar surface area (TPSA) is 12.9 Å². The largest absolute Gasteiger partial charge is 0.256 e. The molecule has 0 saturated carbocycles. The van der Waals surface area contributed by atoms with Crippen LogP contribution in [0.4, 0.5) is 4.39 Å². The van der Waals surface area contributed by atoms with Crippen LogP contribution in [0.1, 0.15) is 37.5 Å². The Morgan fingerprint density at radius 3 is 2.19 bits per heavy atom. The number of alkyl halides is 1. The van der Waals surface area contributed by atoms with Crippen molar-refractivity contribution in [3.63, 3.8) is 0 Å². The normalized spacial score (nSPS) is 9.48. The number of allylic oxidation sites excluding steroid dienone is 1. The smallest absolute Gasteiger partial charge is 0.0785 e. The van der Waals surface area contributed by atoms with Crippen LogP contribution in [0.15, 0.2) is 42.6 Å². The molecular weight excluding hydrogens is 261 g/mol. The number of aryl methyl sites for hydroxylation is 2.